The van der Waals surface area contributed by atoms with Gasteiger partial charge in [-0.1, -0.05) is 116 Å². The standard InChI is InChI=1S/C27H26O/c1-3-5-9-22-26(4-2)28-27(23-16-10-6-11-17-23,24-18-12-7-13-19-24)25-20-14-8-15-21-25/h2,5-21,26H,3,22H2,1H3/b9-5-. The average Bonchev–Trinajstić information content (AvgIpc) is 2.78. The Bertz CT molecular complexity index is 808. The van der Waals surface area contributed by atoms with Crippen LogP contribution in [0.3, 0.4) is 0 Å². The van der Waals surface area contributed by atoms with Gasteiger partial charge in [-0.05, 0) is 23.1 Å². The molecule has 3 aromatic rings. The lowest BCUT2D eigenvalue weighted by Gasteiger charge is -2.37. The van der Waals surface area contributed by atoms with Gasteiger partial charge in [0.25, 0.3) is 0 Å². The van der Waals surface area contributed by atoms with E-state index in [4.69, 9.17) is 11.2 Å². The highest BCUT2D eigenvalue weighted by molar-refractivity contribution is 5.47. The molecule has 0 aromatic heterocycles. The van der Waals surface area contributed by atoms with Gasteiger partial charge in [0.15, 0.2) is 0 Å². The van der Waals surface area contributed by atoms with E-state index in [9.17, 15) is 0 Å². The zero-order valence-corrected chi connectivity index (χ0v) is 16.3. The van der Waals surface area contributed by atoms with E-state index in [1.54, 1.807) is 0 Å². The van der Waals surface area contributed by atoms with Crippen molar-refractivity contribution < 1.29 is 4.74 Å². The summed E-state index contributed by atoms with van der Waals surface area (Å²) in [5.41, 5.74) is 2.41. The SMILES string of the molecule is C#CC(C/C=C\CC)OC(c1ccccc1)(c1ccccc1)c1ccccc1. The van der Waals surface area contributed by atoms with Crippen LogP contribution in [0.4, 0.5) is 0 Å². The first kappa shape index (κ1) is 19.7. The van der Waals surface area contributed by atoms with E-state index in [0.29, 0.717) is 6.42 Å². The zero-order valence-electron chi connectivity index (χ0n) is 16.3. The molecular weight excluding hydrogens is 340 g/mol. The lowest BCUT2D eigenvalue weighted by molar-refractivity contribution is -0.0182. The van der Waals surface area contributed by atoms with E-state index in [2.05, 4.69) is 61.4 Å². The van der Waals surface area contributed by atoms with Crippen LogP contribution < -0.4 is 0 Å². The van der Waals surface area contributed by atoms with Crippen LogP contribution in [0.5, 0.6) is 0 Å². The van der Waals surface area contributed by atoms with Gasteiger partial charge in [0, 0.05) is 6.42 Å². The molecule has 1 atom stereocenters. The molecule has 0 fully saturated rings. The molecule has 140 valence electrons. The van der Waals surface area contributed by atoms with Crippen LogP contribution in [-0.2, 0) is 10.3 Å². The van der Waals surface area contributed by atoms with Gasteiger partial charge >= 0.3 is 0 Å². The molecule has 0 saturated carbocycles. The molecule has 1 nitrogen and oxygen atoms in total. The highest BCUT2D eigenvalue weighted by Crippen LogP contribution is 2.41. The van der Waals surface area contributed by atoms with Crippen LogP contribution in [0.15, 0.2) is 103 Å². The minimum absolute atomic E-state index is 0.344. The quantitative estimate of drug-likeness (QED) is 0.256. The molecule has 0 saturated heterocycles. The van der Waals surface area contributed by atoms with E-state index in [1.807, 2.05) is 54.6 Å². The van der Waals surface area contributed by atoms with Gasteiger partial charge in [-0.3, -0.25) is 0 Å². The summed E-state index contributed by atoms with van der Waals surface area (Å²) >= 11 is 0. The van der Waals surface area contributed by atoms with Gasteiger partial charge < -0.3 is 4.74 Å². The maximum atomic E-state index is 6.80. The Morgan fingerprint density at radius 1 is 0.786 bits per heavy atom. The first-order valence-electron chi connectivity index (χ1n) is 9.76. The summed E-state index contributed by atoms with van der Waals surface area (Å²) in [6, 6.07) is 31.0. The predicted molar refractivity (Wildman–Crippen MR) is 117 cm³/mol. The van der Waals surface area contributed by atoms with E-state index < -0.39 is 5.60 Å². The number of hydrogen-bond acceptors (Lipinski definition) is 1. The zero-order chi connectivity index (χ0) is 19.7. The Morgan fingerprint density at radius 3 is 1.57 bits per heavy atom. The van der Waals surface area contributed by atoms with Crippen LogP contribution in [0.25, 0.3) is 0 Å². The summed E-state index contributed by atoms with van der Waals surface area (Å²) < 4.78 is 6.80. The molecule has 0 radical (unpaired) electrons. The molecule has 0 aliphatic rings. The molecule has 0 aliphatic heterocycles. The number of hydrogen-bond donors (Lipinski definition) is 0. The van der Waals surface area contributed by atoms with Crippen LogP contribution in [0, 0.1) is 12.3 Å². The van der Waals surface area contributed by atoms with Crippen molar-refractivity contribution in [3.05, 3.63) is 120 Å². The van der Waals surface area contributed by atoms with Crippen LogP contribution in [-0.4, -0.2) is 6.10 Å². The summed E-state index contributed by atoms with van der Waals surface area (Å²) in [5.74, 6) is 2.85. The van der Waals surface area contributed by atoms with E-state index >= 15 is 0 Å². The Balaban J connectivity index is 2.19. The van der Waals surface area contributed by atoms with Crippen molar-refractivity contribution in [3.8, 4) is 12.3 Å². The monoisotopic (exact) mass is 366 g/mol. The second-order valence-electron chi connectivity index (χ2n) is 6.67. The number of allylic oxidation sites excluding steroid dienone is 1. The highest BCUT2D eigenvalue weighted by Gasteiger charge is 2.39. The van der Waals surface area contributed by atoms with Crippen molar-refractivity contribution >= 4 is 0 Å². The molecular formula is C27H26O. The largest absolute Gasteiger partial charge is 0.345 e. The average molecular weight is 367 g/mol. The van der Waals surface area contributed by atoms with Crippen LogP contribution in [0.1, 0.15) is 36.5 Å². The molecule has 1 unspecified atom stereocenters. The van der Waals surface area contributed by atoms with E-state index in [0.717, 1.165) is 23.1 Å². The lowest BCUT2D eigenvalue weighted by Crippen LogP contribution is -2.36. The second-order valence-corrected chi connectivity index (χ2v) is 6.67. The fourth-order valence-corrected chi connectivity index (χ4v) is 3.47. The van der Waals surface area contributed by atoms with Crippen molar-refractivity contribution in [3.63, 3.8) is 0 Å². The normalized spacial score (nSPS) is 12.6. The van der Waals surface area contributed by atoms with Crippen molar-refractivity contribution in [2.75, 3.05) is 0 Å². The van der Waals surface area contributed by atoms with Crippen LogP contribution in [0.2, 0.25) is 0 Å². The maximum absolute atomic E-state index is 6.80. The Morgan fingerprint density at radius 2 is 1.21 bits per heavy atom. The van der Waals surface area contributed by atoms with Gasteiger partial charge in [0.2, 0.25) is 0 Å². The third kappa shape index (κ3) is 4.25. The predicted octanol–water partition coefficient (Wildman–Crippen LogP) is 6.35. The van der Waals surface area contributed by atoms with Crippen LogP contribution >= 0.6 is 0 Å². The topological polar surface area (TPSA) is 9.23 Å². The van der Waals surface area contributed by atoms with E-state index in [-0.39, 0.29) is 6.10 Å². The van der Waals surface area contributed by atoms with Gasteiger partial charge in [-0.25, -0.2) is 0 Å². The first-order valence-corrected chi connectivity index (χ1v) is 9.76. The molecule has 0 aliphatic carbocycles. The van der Waals surface area contributed by atoms with Gasteiger partial charge in [0.05, 0.1) is 0 Å². The minimum atomic E-state index is -0.777. The maximum Gasteiger partial charge on any atom is 0.145 e. The smallest absolute Gasteiger partial charge is 0.145 e. The summed E-state index contributed by atoms with van der Waals surface area (Å²) in [6.07, 6.45) is 11.4. The summed E-state index contributed by atoms with van der Waals surface area (Å²) in [4.78, 5) is 0. The van der Waals surface area contributed by atoms with Crippen molar-refractivity contribution in [2.45, 2.75) is 31.5 Å². The molecule has 28 heavy (non-hydrogen) atoms. The highest BCUT2D eigenvalue weighted by atomic mass is 16.5. The summed E-state index contributed by atoms with van der Waals surface area (Å²) in [5, 5.41) is 0. The lowest BCUT2D eigenvalue weighted by atomic mass is 9.80. The van der Waals surface area contributed by atoms with Crippen molar-refractivity contribution in [1.82, 2.24) is 0 Å². The summed E-state index contributed by atoms with van der Waals surface area (Å²) in [7, 11) is 0. The van der Waals surface area contributed by atoms with Gasteiger partial charge in [-0.15, -0.1) is 6.42 Å². The molecule has 3 aromatic carbocycles. The fraction of sp³-hybridized carbons (Fsp3) is 0.185. The molecule has 0 heterocycles. The number of ether oxygens (including phenoxy) is 1. The Kier molecular flexibility index (Phi) is 6.84. The molecule has 0 bridgehead atoms. The minimum Gasteiger partial charge on any atom is -0.345 e. The van der Waals surface area contributed by atoms with Crippen molar-refractivity contribution in [1.29, 1.82) is 0 Å². The Labute approximate surface area is 168 Å². The molecule has 3 rings (SSSR count). The third-order valence-corrected chi connectivity index (χ3v) is 4.80. The molecule has 1 heteroatoms. The van der Waals surface area contributed by atoms with Crippen molar-refractivity contribution in [2.24, 2.45) is 0 Å². The molecule has 0 N–H and O–H groups in total. The number of rotatable bonds is 8. The summed E-state index contributed by atoms with van der Waals surface area (Å²) in [6.45, 7) is 2.12. The molecule has 0 amide bonds. The third-order valence-electron chi connectivity index (χ3n) is 4.80. The number of benzene rings is 3. The van der Waals surface area contributed by atoms with E-state index in [1.165, 1.54) is 0 Å². The van der Waals surface area contributed by atoms with Gasteiger partial charge in [-0.2, -0.15) is 0 Å². The molecule has 0 spiro atoms. The number of terminal acetylenes is 1. The Hall–Kier alpha value is -3.08. The first-order chi connectivity index (χ1) is 13.8. The fourth-order valence-electron chi connectivity index (χ4n) is 3.47. The van der Waals surface area contributed by atoms with Gasteiger partial charge in [0.1, 0.15) is 11.7 Å². The second kappa shape index (κ2) is 9.74.